The first kappa shape index (κ1) is 9.10. The van der Waals surface area contributed by atoms with Crippen LogP contribution in [0.5, 0.6) is 0 Å². The molecule has 70 valence electrons. The zero-order valence-electron chi connectivity index (χ0n) is 7.77. The molecule has 1 saturated heterocycles. The lowest BCUT2D eigenvalue weighted by Gasteiger charge is -2.25. The van der Waals surface area contributed by atoms with Crippen molar-refractivity contribution >= 4 is 12.0 Å². The molecule has 1 aliphatic heterocycles. The number of hydrogen-bond donors (Lipinski definition) is 0. The Kier molecular flexibility index (Phi) is 2.91. The van der Waals surface area contributed by atoms with Gasteiger partial charge in [0.05, 0.1) is 11.4 Å². The van der Waals surface area contributed by atoms with Gasteiger partial charge >= 0.3 is 0 Å². The van der Waals surface area contributed by atoms with E-state index in [0.717, 1.165) is 0 Å². The molecule has 1 aromatic rings. The summed E-state index contributed by atoms with van der Waals surface area (Å²) in [4.78, 5) is 0. The van der Waals surface area contributed by atoms with Crippen LogP contribution >= 0.6 is 12.0 Å². The van der Waals surface area contributed by atoms with Crippen molar-refractivity contribution < 1.29 is 4.18 Å². The van der Waals surface area contributed by atoms with E-state index in [1.165, 1.54) is 18.4 Å². The monoisotopic (exact) mass is 194 g/mol. The Morgan fingerprint density at radius 3 is 2.62 bits per heavy atom. The van der Waals surface area contributed by atoms with Gasteiger partial charge in [0, 0.05) is 0 Å². The zero-order valence-corrected chi connectivity index (χ0v) is 8.59. The SMILES string of the molecule is C[C@H]1CCC(c2ccccc2)SO1. The first-order valence-corrected chi connectivity index (χ1v) is 5.54. The summed E-state index contributed by atoms with van der Waals surface area (Å²) in [6, 6.07) is 10.6. The van der Waals surface area contributed by atoms with Crippen molar-refractivity contribution in [2.75, 3.05) is 0 Å². The van der Waals surface area contributed by atoms with Gasteiger partial charge in [-0.1, -0.05) is 30.3 Å². The number of rotatable bonds is 1. The summed E-state index contributed by atoms with van der Waals surface area (Å²) in [5.74, 6) is 0. The van der Waals surface area contributed by atoms with Crippen molar-refractivity contribution in [3.63, 3.8) is 0 Å². The van der Waals surface area contributed by atoms with Gasteiger partial charge in [-0.2, -0.15) is 0 Å². The lowest BCUT2D eigenvalue weighted by atomic mass is 10.1. The molecule has 1 aliphatic rings. The molecular weight excluding hydrogens is 180 g/mol. The maximum atomic E-state index is 5.56. The Morgan fingerprint density at radius 2 is 2.00 bits per heavy atom. The van der Waals surface area contributed by atoms with Crippen molar-refractivity contribution in [2.45, 2.75) is 31.1 Å². The van der Waals surface area contributed by atoms with E-state index in [1.54, 1.807) is 12.0 Å². The summed E-state index contributed by atoms with van der Waals surface area (Å²) in [5.41, 5.74) is 1.39. The Morgan fingerprint density at radius 1 is 1.23 bits per heavy atom. The van der Waals surface area contributed by atoms with Crippen LogP contribution in [-0.4, -0.2) is 6.10 Å². The minimum absolute atomic E-state index is 0.421. The summed E-state index contributed by atoms with van der Waals surface area (Å²) in [5, 5.41) is 0.539. The summed E-state index contributed by atoms with van der Waals surface area (Å²) >= 11 is 1.62. The lowest BCUT2D eigenvalue weighted by molar-refractivity contribution is 0.227. The van der Waals surface area contributed by atoms with Crippen molar-refractivity contribution in [1.82, 2.24) is 0 Å². The maximum absolute atomic E-state index is 5.56. The van der Waals surface area contributed by atoms with E-state index in [4.69, 9.17) is 4.18 Å². The molecule has 2 atom stereocenters. The van der Waals surface area contributed by atoms with E-state index in [-0.39, 0.29) is 0 Å². The maximum Gasteiger partial charge on any atom is 0.0695 e. The van der Waals surface area contributed by atoms with Gasteiger partial charge in [-0.05, 0) is 37.4 Å². The van der Waals surface area contributed by atoms with Crippen LogP contribution in [0.1, 0.15) is 30.6 Å². The Balaban J connectivity index is 2.03. The van der Waals surface area contributed by atoms with Crippen LogP contribution in [0.3, 0.4) is 0 Å². The third kappa shape index (κ3) is 2.26. The van der Waals surface area contributed by atoms with Gasteiger partial charge in [-0.15, -0.1) is 0 Å². The van der Waals surface area contributed by atoms with Crippen molar-refractivity contribution in [3.8, 4) is 0 Å². The van der Waals surface area contributed by atoms with Gasteiger partial charge in [0.25, 0.3) is 0 Å². The molecule has 13 heavy (non-hydrogen) atoms. The van der Waals surface area contributed by atoms with E-state index >= 15 is 0 Å². The fourth-order valence-electron chi connectivity index (χ4n) is 1.53. The molecular formula is C11H14OS. The van der Waals surface area contributed by atoms with Gasteiger partial charge in [0.15, 0.2) is 0 Å². The Labute approximate surface area is 83.7 Å². The van der Waals surface area contributed by atoms with Crippen molar-refractivity contribution in [2.24, 2.45) is 0 Å². The lowest BCUT2D eigenvalue weighted by Crippen LogP contribution is -2.12. The van der Waals surface area contributed by atoms with Gasteiger partial charge in [0.1, 0.15) is 0 Å². The largest absolute Gasteiger partial charge is 0.312 e. The highest BCUT2D eigenvalue weighted by atomic mass is 32.2. The Bertz CT molecular complexity index is 252. The van der Waals surface area contributed by atoms with E-state index in [9.17, 15) is 0 Å². The molecule has 2 rings (SSSR count). The molecule has 1 unspecified atom stereocenters. The molecule has 0 amide bonds. The smallest absolute Gasteiger partial charge is 0.0695 e. The van der Waals surface area contributed by atoms with Crippen LogP contribution in [0, 0.1) is 0 Å². The highest BCUT2D eigenvalue weighted by Crippen LogP contribution is 2.39. The van der Waals surface area contributed by atoms with Gasteiger partial charge < -0.3 is 4.18 Å². The summed E-state index contributed by atoms with van der Waals surface area (Å²) in [6.07, 6.45) is 2.83. The molecule has 1 nitrogen and oxygen atoms in total. The number of hydrogen-bond acceptors (Lipinski definition) is 2. The third-order valence-electron chi connectivity index (χ3n) is 2.34. The van der Waals surface area contributed by atoms with Crippen LogP contribution in [0.4, 0.5) is 0 Å². The molecule has 0 aromatic heterocycles. The fourth-order valence-corrected chi connectivity index (χ4v) is 2.45. The zero-order chi connectivity index (χ0) is 9.10. The van der Waals surface area contributed by atoms with Gasteiger partial charge in [-0.25, -0.2) is 0 Å². The average molecular weight is 194 g/mol. The van der Waals surface area contributed by atoms with Crippen molar-refractivity contribution in [1.29, 1.82) is 0 Å². The average Bonchev–Trinajstić information content (AvgIpc) is 2.20. The fraction of sp³-hybridized carbons (Fsp3) is 0.455. The van der Waals surface area contributed by atoms with Gasteiger partial charge in [-0.3, -0.25) is 0 Å². The van der Waals surface area contributed by atoms with Crippen molar-refractivity contribution in [3.05, 3.63) is 35.9 Å². The normalized spacial score (nSPS) is 28.7. The topological polar surface area (TPSA) is 9.23 Å². The van der Waals surface area contributed by atoms with Crippen LogP contribution in [-0.2, 0) is 4.18 Å². The second-order valence-corrected chi connectivity index (χ2v) is 4.43. The predicted molar refractivity (Wildman–Crippen MR) is 56.6 cm³/mol. The molecule has 0 saturated carbocycles. The van der Waals surface area contributed by atoms with Gasteiger partial charge in [0.2, 0.25) is 0 Å². The second-order valence-electron chi connectivity index (χ2n) is 3.48. The molecule has 1 heterocycles. The second kappa shape index (κ2) is 4.16. The highest BCUT2D eigenvalue weighted by molar-refractivity contribution is 7.95. The molecule has 0 aliphatic carbocycles. The molecule has 2 heteroatoms. The third-order valence-corrected chi connectivity index (χ3v) is 3.52. The number of benzene rings is 1. The Hall–Kier alpha value is -0.470. The van der Waals surface area contributed by atoms with Crippen LogP contribution in [0.15, 0.2) is 30.3 Å². The highest BCUT2D eigenvalue weighted by Gasteiger charge is 2.20. The van der Waals surface area contributed by atoms with Crippen LogP contribution in [0.25, 0.3) is 0 Å². The van der Waals surface area contributed by atoms with Crippen LogP contribution in [0.2, 0.25) is 0 Å². The van der Waals surface area contributed by atoms with Crippen LogP contribution < -0.4 is 0 Å². The summed E-state index contributed by atoms with van der Waals surface area (Å²) < 4.78 is 5.56. The molecule has 1 fully saturated rings. The predicted octanol–water partition coefficient (Wildman–Crippen LogP) is 3.57. The standard InChI is InChI=1S/C11H14OS/c1-9-7-8-11(13-12-9)10-5-3-2-4-6-10/h2-6,9,11H,7-8H2,1H3/t9-,11?/m0/s1. The quantitative estimate of drug-likeness (QED) is 0.632. The molecule has 0 bridgehead atoms. The summed E-state index contributed by atoms with van der Waals surface area (Å²) in [6.45, 7) is 2.13. The minimum Gasteiger partial charge on any atom is -0.312 e. The molecule has 1 aromatic carbocycles. The van der Waals surface area contributed by atoms with E-state index < -0.39 is 0 Å². The van der Waals surface area contributed by atoms with E-state index in [0.29, 0.717) is 11.4 Å². The van der Waals surface area contributed by atoms with E-state index in [2.05, 4.69) is 37.3 Å². The molecule has 0 N–H and O–H groups in total. The molecule has 0 spiro atoms. The molecule has 0 radical (unpaired) electrons. The first-order valence-electron chi connectivity index (χ1n) is 4.73. The minimum atomic E-state index is 0.421. The summed E-state index contributed by atoms with van der Waals surface area (Å²) in [7, 11) is 0. The first-order chi connectivity index (χ1) is 6.36. The van der Waals surface area contributed by atoms with E-state index in [1.807, 2.05) is 0 Å².